The van der Waals surface area contributed by atoms with E-state index in [-0.39, 0.29) is 24.2 Å². The van der Waals surface area contributed by atoms with E-state index in [0.29, 0.717) is 38.9 Å². The molecule has 6 rings (SSSR count). The molecule has 11 nitrogen and oxygen atoms in total. The van der Waals surface area contributed by atoms with Crippen LogP contribution >= 0.6 is 0 Å². The summed E-state index contributed by atoms with van der Waals surface area (Å²) in [5.41, 5.74) is 4.86. The summed E-state index contributed by atoms with van der Waals surface area (Å²) < 4.78 is 5.87. The molecule has 4 heterocycles. The summed E-state index contributed by atoms with van der Waals surface area (Å²) in [6.07, 6.45) is 4.79. The molecule has 0 spiro atoms. The lowest BCUT2D eigenvalue weighted by atomic mass is 10.0. The molecule has 3 aromatic rings. The van der Waals surface area contributed by atoms with Crippen LogP contribution in [0, 0.1) is 6.92 Å². The first-order chi connectivity index (χ1) is 19.9. The topological polar surface area (TPSA) is 132 Å². The number of nitrogens with one attached hydrogen (secondary N) is 4. The Kier molecular flexibility index (Phi) is 7.78. The van der Waals surface area contributed by atoms with Crippen LogP contribution in [0.4, 0.5) is 15.3 Å². The number of rotatable bonds is 6. The number of hydrogen-bond acceptors (Lipinski definition) is 6. The minimum absolute atomic E-state index is 0.0396. The van der Waals surface area contributed by atoms with E-state index < -0.39 is 12.0 Å². The zero-order chi connectivity index (χ0) is 28.3. The minimum atomic E-state index is -0.816. The van der Waals surface area contributed by atoms with Crippen molar-refractivity contribution in [1.82, 2.24) is 30.6 Å². The van der Waals surface area contributed by atoms with E-state index >= 15 is 0 Å². The van der Waals surface area contributed by atoms with E-state index in [1.807, 2.05) is 48.2 Å². The Bertz CT molecular complexity index is 1430. The van der Waals surface area contributed by atoms with Crippen molar-refractivity contribution in [2.75, 3.05) is 31.5 Å². The predicted molar refractivity (Wildman–Crippen MR) is 154 cm³/mol. The highest BCUT2D eigenvalue weighted by molar-refractivity contribution is 5.92. The number of ether oxygens (including phenoxy) is 1. The maximum atomic E-state index is 13.4. The molecule has 2 aromatic carbocycles. The molecule has 0 aliphatic carbocycles. The van der Waals surface area contributed by atoms with Crippen LogP contribution in [-0.2, 0) is 22.5 Å². The Morgan fingerprint density at radius 2 is 1.90 bits per heavy atom. The van der Waals surface area contributed by atoms with Gasteiger partial charge in [-0.25, -0.2) is 14.4 Å². The molecular weight excluding hydrogens is 522 g/mol. The molecule has 4 N–H and O–H groups in total. The summed E-state index contributed by atoms with van der Waals surface area (Å²) >= 11 is 0. The molecule has 1 unspecified atom stereocenters. The van der Waals surface area contributed by atoms with E-state index in [2.05, 4.69) is 26.1 Å². The number of anilines is 1. The Balaban J connectivity index is 1.11. The van der Waals surface area contributed by atoms with Gasteiger partial charge in [-0.15, -0.1) is 0 Å². The smallest absolute Gasteiger partial charge is 0.329 e. The first-order valence-electron chi connectivity index (χ1n) is 14.5. The van der Waals surface area contributed by atoms with Crippen molar-refractivity contribution in [2.45, 2.75) is 63.8 Å². The number of urea groups is 2. The summed E-state index contributed by atoms with van der Waals surface area (Å²) in [6.45, 7) is 5.16. The van der Waals surface area contributed by atoms with Gasteiger partial charge in [-0.1, -0.05) is 24.3 Å². The molecule has 41 heavy (non-hydrogen) atoms. The molecule has 11 heteroatoms. The number of para-hydroxylation sites is 1. The van der Waals surface area contributed by atoms with E-state index in [9.17, 15) is 14.4 Å². The van der Waals surface area contributed by atoms with Crippen LogP contribution in [0.2, 0.25) is 0 Å². The second kappa shape index (κ2) is 11.8. The summed E-state index contributed by atoms with van der Waals surface area (Å²) in [6, 6.07) is 10.7. The molecule has 3 aliphatic heterocycles. The molecule has 216 valence electrons. The minimum Gasteiger partial charge on any atom is -0.461 e. The highest BCUT2D eigenvalue weighted by Crippen LogP contribution is 2.28. The fourth-order valence-corrected chi connectivity index (χ4v) is 6.16. The van der Waals surface area contributed by atoms with Gasteiger partial charge in [-0.05, 0) is 74.5 Å². The van der Waals surface area contributed by atoms with Crippen molar-refractivity contribution in [3.05, 3.63) is 59.3 Å². The van der Waals surface area contributed by atoms with E-state index in [1.165, 1.54) is 0 Å². The molecule has 1 aromatic heterocycles. The van der Waals surface area contributed by atoms with Crippen LogP contribution < -0.4 is 16.0 Å². The van der Waals surface area contributed by atoms with Gasteiger partial charge in [-0.3, -0.25) is 5.10 Å². The van der Waals surface area contributed by atoms with Crippen molar-refractivity contribution >= 4 is 34.6 Å². The first kappa shape index (κ1) is 27.1. The van der Waals surface area contributed by atoms with Crippen molar-refractivity contribution in [1.29, 1.82) is 0 Å². The Labute approximate surface area is 239 Å². The quantitative estimate of drug-likeness (QED) is 0.343. The average Bonchev–Trinajstić information content (AvgIpc) is 3.46. The van der Waals surface area contributed by atoms with Crippen molar-refractivity contribution in [3.63, 3.8) is 0 Å². The van der Waals surface area contributed by atoms with Crippen LogP contribution in [0.25, 0.3) is 10.9 Å². The fourth-order valence-electron chi connectivity index (χ4n) is 6.16. The van der Waals surface area contributed by atoms with Gasteiger partial charge in [0.05, 0.1) is 11.7 Å². The number of likely N-dealkylation sites (tertiary alicyclic amines) is 1. The molecule has 2 saturated heterocycles. The second-order valence-corrected chi connectivity index (χ2v) is 11.3. The van der Waals surface area contributed by atoms with Gasteiger partial charge < -0.3 is 30.5 Å². The van der Waals surface area contributed by atoms with Gasteiger partial charge in [-0.2, -0.15) is 5.10 Å². The summed E-state index contributed by atoms with van der Waals surface area (Å²) in [7, 11) is 0. The Hall–Kier alpha value is -4.12. The summed E-state index contributed by atoms with van der Waals surface area (Å²) in [5.74, 6) is -0.409. The molecule has 0 saturated carbocycles. The third-order valence-corrected chi connectivity index (χ3v) is 8.45. The number of fused-ring (bicyclic) bond motifs is 2. The number of aromatic amines is 1. The number of carbonyl (C=O) groups excluding carboxylic acids is 3. The van der Waals surface area contributed by atoms with Crippen LogP contribution in [0.15, 0.2) is 42.6 Å². The highest BCUT2D eigenvalue weighted by atomic mass is 16.5. The van der Waals surface area contributed by atoms with E-state index in [1.54, 1.807) is 11.1 Å². The molecule has 4 amide bonds. The second-order valence-electron chi connectivity index (χ2n) is 11.3. The number of carbonyl (C=O) groups is 3. The van der Waals surface area contributed by atoms with Gasteiger partial charge >= 0.3 is 18.0 Å². The SMILES string of the molecule is Cc1cc(CC(NC(=O)N2CCC(N3Cc4ccccc4NC3=O)CC2)C(=O)OC2CCNCC2)cc2cn[nH]c12. The number of amides is 4. The summed E-state index contributed by atoms with van der Waals surface area (Å²) in [4.78, 5) is 43.2. The number of aryl methyl sites for hydroxylation is 1. The van der Waals surface area contributed by atoms with Crippen LogP contribution in [-0.4, -0.2) is 82.4 Å². The largest absolute Gasteiger partial charge is 0.461 e. The Morgan fingerprint density at radius 3 is 2.71 bits per heavy atom. The maximum Gasteiger partial charge on any atom is 0.329 e. The average molecular weight is 560 g/mol. The van der Waals surface area contributed by atoms with Crippen molar-refractivity contribution in [3.8, 4) is 0 Å². The normalized spacial score (nSPS) is 19.0. The zero-order valence-corrected chi connectivity index (χ0v) is 23.3. The number of hydrogen-bond donors (Lipinski definition) is 4. The van der Waals surface area contributed by atoms with Crippen molar-refractivity contribution in [2.24, 2.45) is 0 Å². The predicted octanol–water partition coefficient (Wildman–Crippen LogP) is 3.30. The monoisotopic (exact) mass is 559 g/mol. The number of H-pyrrole nitrogens is 1. The molecule has 2 fully saturated rings. The number of benzene rings is 2. The van der Waals surface area contributed by atoms with Gasteiger partial charge in [0.2, 0.25) is 0 Å². The van der Waals surface area contributed by atoms with E-state index in [4.69, 9.17) is 4.74 Å². The lowest BCUT2D eigenvalue weighted by Crippen LogP contribution is -2.55. The first-order valence-corrected chi connectivity index (χ1v) is 14.5. The molecular formula is C30H37N7O4. The number of aromatic nitrogens is 2. The van der Waals surface area contributed by atoms with Crippen LogP contribution in [0.5, 0.6) is 0 Å². The number of esters is 1. The third kappa shape index (κ3) is 6.00. The standard InChI is InChI=1S/C30H37N7O4/c1-19-14-20(15-22-17-32-35-27(19)22)16-26(28(38)41-24-6-10-31-11-7-24)34-29(39)36-12-8-23(9-13-36)37-18-21-4-2-3-5-25(21)33-30(37)40/h2-5,14-15,17,23-24,26,31H,6-13,16,18H2,1H3,(H,32,35)(H,33,40)(H,34,39). The number of nitrogens with zero attached hydrogens (tertiary/aromatic N) is 3. The molecule has 0 radical (unpaired) electrons. The van der Waals surface area contributed by atoms with Gasteiger partial charge in [0.15, 0.2) is 0 Å². The van der Waals surface area contributed by atoms with Gasteiger partial charge in [0, 0.05) is 43.2 Å². The molecule has 1 atom stereocenters. The lowest BCUT2D eigenvalue weighted by molar-refractivity contribution is -0.152. The zero-order valence-electron chi connectivity index (χ0n) is 23.3. The Morgan fingerprint density at radius 1 is 1.12 bits per heavy atom. The third-order valence-electron chi connectivity index (χ3n) is 8.45. The van der Waals surface area contributed by atoms with Crippen LogP contribution in [0.1, 0.15) is 42.4 Å². The van der Waals surface area contributed by atoms with Crippen molar-refractivity contribution < 1.29 is 19.1 Å². The highest BCUT2D eigenvalue weighted by Gasteiger charge is 2.34. The van der Waals surface area contributed by atoms with Gasteiger partial charge in [0.1, 0.15) is 12.1 Å². The van der Waals surface area contributed by atoms with E-state index in [0.717, 1.165) is 59.2 Å². The molecule has 0 bridgehead atoms. The van der Waals surface area contributed by atoms with Crippen LogP contribution in [0.3, 0.4) is 0 Å². The number of piperidine rings is 2. The van der Waals surface area contributed by atoms with Gasteiger partial charge in [0.25, 0.3) is 0 Å². The summed E-state index contributed by atoms with van der Waals surface area (Å²) in [5, 5.41) is 17.3. The lowest BCUT2D eigenvalue weighted by Gasteiger charge is -2.40. The fraction of sp³-hybridized carbons (Fsp3) is 0.467. The molecule has 3 aliphatic rings. The maximum absolute atomic E-state index is 13.4.